The minimum absolute atomic E-state index is 0.150. The molecule has 0 aromatic carbocycles. The molecule has 1 saturated heterocycles. The first kappa shape index (κ1) is 11.5. The summed E-state index contributed by atoms with van der Waals surface area (Å²) in [4.78, 5) is 17.6. The molecule has 2 rings (SSSR count). The summed E-state index contributed by atoms with van der Waals surface area (Å²) in [6.07, 6.45) is 1.97. The highest BCUT2D eigenvalue weighted by Gasteiger charge is 2.27. The molecule has 16 heavy (non-hydrogen) atoms. The summed E-state index contributed by atoms with van der Waals surface area (Å²) >= 11 is 1.65. The zero-order valence-corrected chi connectivity index (χ0v) is 10.2. The number of β-amino-alcohol motifs (C(OH)–C–C–N with tert-alkyl or cyclic N) is 1. The van der Waals surface area contributed by atoms with Crippen molar-refractivity contribution >= 4 is 17.2 Å². The summed E-state index contributed by atoms with van der Waals surface area (Å²) in [5, 5.41) is 12.2. The van der Waals surface area contributed by atoms with E-state index in [4.69, 9.17) is 5.11 Å². The Hall–Kier alpha value is -0.940. The number of aliphatic hydroxyl groups is 1. The van der Waals surface area contributed by atoms with Gasteiger partial charge in [0.1, 0.15) is 0 Å². The molecule has 2 heterocycles. The van der Waals surface area contributed by atoms with Crippen LogP contribution in [-0.2, 0) is 11.2 Å². The maximum atomic E-state index is 11.6. The lowest BCUT2D eigenvalue weighted by Crippen LogP contribution is -2.53. The molecule has 1 fully saturated rings. The number of thiazole rings is 1. The highest BCUT2D eigenvalue weighted by molar-refractivity contribution is 7.09. The van der Waals surface area contributed by atoms with Gasteiger partial charge in [0.05, 0.1) is 16.8 Å². The molecule has 88 valence electrons. The van der Waals surface area contributed by atoms with Gasteiger partial charge in [-0.15, -0.1) is 11.3 Å². The van der Waals surface area contributed by atoms with E-state index in [1.807, 2.05) is 12.3 Å². The maximum absolute atomic E-state index is 11.6. The molecule has 1 N–H and O–H groups in total. The van der Waals surface area contributed by atoms with E-state index in [2.05, 4.69) is 4.98 Å². The fraction of sp³-hybridized carbons (Fsp3) is 0.636. The van der Waals surface area contributed by atoms with Gasteiger partial charge in [0.15, 0.2) is 0 Å². The number of amides is 1. The highest BCUT2D eigenvalue weighted by atomic mass is 32.1. The van der Waals surface area contributed by atoms with Crippen molar-refractivity contribution in [2.75, 3.05) is 13.1 Å². The van der Waals surface area contributed by atoms with Crippen LogP contribution in [-0.4, -0.2) is 40.1 Å². The number of carbonyl (C=O) groups is 1. The molecule has 0 atom stereocenters. The Morgan fingerprint density at radius 2 is 2.44 bits per heavy atom. The predicted molar refractivity (Wildman–Crippen MR) is 62.4 cm³/mol. The van der Waals surface area contributed by atoms with Crippen LogP contribution in [0.25, 0.3) is 0 Å². The number of aryl methyl sites for hydroxylation is 2. The Kier molecular flexibility index (Phi) is 3.56. The Balaban J connectivity index is 1.66. The molecule has 5 heteroatoms. The molecule has 1 aromatic heterocycles. The first-order valence-electron chi connectivity index (χ1n) is 5.52. The average molecular weight is 240 g/mol. The van der Waals surface area contributed by atoms with E-state index in [0.29, 0.717) is 19.5 Å². The molecular formula is C11H16N2O2S. The third kappa shape index (κ3) is 2.80. The molecule has 1 aliphatic rings. The summed E-state index contributed by atoms with van der Waals surface area (Å²) in [5.74, 6) is 0.150. The number of rotatable bonds is 4. The van der Waals surface area contributed by atoms with Crippen molar-refractivity contribution in [3.8, 4) is 0 Å². The maximum Gasteiger partial charge on any atom is 0.222 e. The SMILES string of the molecule is Cc1nc(CCCC(=O)N2CC(O)C2)cs1. The van der Waals surface area contributed by atoms with Crippen molar-refractivity contribution < 1.29 is 9.90 Å². The highest BCUT2D eigenvalue weighted by Crippen LogP contribution is 2.13. The molecule has 1 aliphatic heterocycles. The van der Waals surface area contributed by atoms with E-state index < -0.39 is 0 Å². The van der Waals surface area contributed by atoms with Gasteiger partial charge >= 0.3 is 0 Å². The first-order chi connectivity index (χ1) is 7.65. The molecule has 1 aromatic rings. The van der Waals surface area contributed by atoms with Crippen LogP contribution >= 0.6 is 11.3 Å². The normalized spacial score (nSPS) is 16.2. The van der Waals surface area contributed by atoms with E-state index in [-0.39, 0.29) is 12.0 Å². The number of aliphatic hydroxyl groups excluding tert-OH is 1. The third-order valence-electron chi connectivity index (χ3n) is 2.71. The lowest BCUT2D eigenvalue weighted by molar-refractivity contribution is -0.141. The van der Waals surface area contributed by atoms with Crippen LogP contribution in [0.5, 0.6) is 0 Å². The second kappa shape index (κ2) is 4.93. The van der Waals surface area contributed by atoms with Crippen LogP contribution in [0.4, 0.5) is 0 Å². The minimum atomic E-state index is -0.301. The topological polar surface area (TPSA) is 53.4 Å². The standard InChI is InChI=1S/C11H16N2O2S/c1-8-12-9(7-16-8)3-2-4-11(15)13-5-10(14)6-13/h7,10,14H,2-6H2,1H3. The van der Waals surface area contributed by atoms with E-state index in [0.717, 1.165) is 23.5 Å². The monoisotopic (exact) mass is 240 g/mol. The summed E-state index contributed by atoms with van der Waals surface area (Å²) in [7, 11) is 0. The molecule has 0 radical (unpaired) electrons. The average Bonchev–Trinajstić information content (AvgIpc) is 2.59. The van der Waals surface area contributed by atoms with Gasteiger partial charge < -0.3 is 10.0 Å². The van der Waals surface area contributed by atoms with Crippen LogP contribution in [0, 0.1) is 6.92 Å². The zero-order chi connectivity index (χ0) is 11.5. The fourth-order valence-electron chi connectivity index (χ4n) is 1.76. The summed E-state index contributed by atoms with van der Waals surface area (Å²) in [6, 6.07) is 0. The lowest BCUT2D eigenvalue weighted by atomic mass is 10.1. The van der Waals surface area contributed by atoms with Gasteiger partial charge in [0.25, 0.3) is 0 Å². The minimum Gasteiger partial charge on any atom is -0.389 e. The van der Waals surface area contributed by atoms with Crippen LogP contribution < -0.4 is 0 Å². The first-order valence-corrected chi connectivity index (χ1v) is 6.40. The fourth-order valence-corrected chi connectivity index (χ4v) is 2.41. The van der Waals surface area contributed by atoms with Crippen molar-refractivity contribution in [3.05, 3.63) is 16.1 Å². The van der Waals surface area contributed by atoms with Gasteiger partial charge in [-0.05, 0) is 19.8 Å². The van der Waals surface area contributed by atoms with Gasteiger partial charge in [-0.1, -0.05) is 0 Å². The largest absolute Gasteiger partial charge is 0.389 e. The van der Waals surface area contributed by atoms with Crippen molar-refractivity contribution in [2.45, 2.75) is 32.3 Å². The Morgan fingerprint density at radius 1 is 1.69 bits per heavy atom. The number of likely N-dealkylation sites (tertiary alicyclic amines) is 1. The molecular weight excluding hydrogens is 224 g/mol. The third-order valence-corrected chi connectivity index (χ3v) is 3.53. The Morgan fingerprint density at radius 3 is 3.00 bits per heavy atom. The molecule has 0 unspecified atom stereocenters. The quantitative estimate of drug-likeness (QED) is 0.853. The van der Waals surface area contributed by atoms with Crippen molar-refractivity contribution in [2.24, 2.45) is 0 Å². The Bertz CT molecular complexity index is 372. The summed E-state index contributed by atoms with van der Waals surface area (Å²) in [6.45, 7) is 3.00. The number of hydrogen-bond donors (Lipinski definition) is 1. The van der Waals surface area contributed by atoms with E-state index in [1.54, 1.807) is 16.2 Å². The van der Waals surface area contributed by atoms with E-state index >= 15 is 0 Å². The molecule has 1 amide bonds. The molecule has 0 bridgehead atoms. The molecule has 4 nitrogen and oxygen atoms in total. The Labute approximate surface area is 98.9 Å². The van der Waals surface area contributed by atoms with Crippen LogP contribution in [0.3, 0.4) is 0 Å². The number of hydrogen-bond acceptors (Lipinski definition) is 4. The predicted octanol–water partition coefficient (Wildman–Crippen LogP) is 0.977. The number of nitrogens with zero attached hydrogens (tertiary/aromatic N) is 2. The molecule has 0 aliphatic carbocycles. The van der Waals surface area contributed by atoms with Gasteiger partial charge in [-0.2, -0.15) is 0 Å². The van der Waals surface area contributed by atoms with E-state index in [1.165, 1.54) is 0 Å². The van der Waals surface area contributed by atoms with Gasteiger partial charge in [-0.25, -0.2) is 4.98 Å². The van der Waals surface area contributed by atoms with Crippen molar-refractivity contribution in [1.29, 1.82) is 0 Å². The van der Waals surface area contributed by atoms with Crippen molar-refractivity contribution in [1.82, 2.24) is 9.88 Å². The van der Waals surface area contributed by atoms with Gasteiger partial charge in [-0.3, -0.25) is 4.79 Å². The van der Waals surface area contributed by atoms with E-state index in [9.17, 15) is 4.79 Å². The summed E-state index contributed by atoms with van der Waals surface area (Å²) < 4.78 is 0. The molecule has 0 spiro atoms. The smallest absolute Gasteiger partial charge is 0.222 e. The molecule has 0 saturated carbocycles. The lowest BCUT2D eigenvalue weighted by Gasteiger charge is -2.35. The van der Waals surface area contributed by atoms with Crippen LogP contribution in [0.1, 0.15) is 23.5 Å². The summed E-state index contributed by atoms with van der Waals surface area (Å²) in [5.41, 5.74) is 1.08. The van der Waals surface area contributed by atoms with Gasteiger partial charge in [0.2, 0.25) is 5.91 Å². The van der Waals surface area contributed by atoms with Crippen LogP contribution in [0.15, 0.2) is 5.38 Å². The van der Waals surface area contributed by atoms with Crippen molar-refractivity contribution in [3.63, 3.8) is 0 Å². The number of carbonyl (C=O) groups excluding carboxylic acids is 1. The second-order valence-corrected chi connectivity index (χ2v) is 5.23. The number of aromatic nitrogens is 1. The second-order valence-electron chi connectivity index (χ2n) is 4.16. The zero-order valence-electron chi connectivity index (χ0n) is 9.35. The van der Waals surface area contributed by atoms with Gasteiger partial charge in [0, 0.05) is 24.9 Å². The van der Waals surface area contributed by atoms with Crippen LogP contribution in [0.2, 0.25) is 0 Å².